The van der Waals surface area contributed by atoms with Crippen LogP contribution in [0.2, 0.25) is 0 Å². The van der Waals surface area contributed by atoms with Gasteiger partial charge in [-0.05, 0) is 47.0 Å². The van der Waals surface area contributed by atoms with E-state index in [1.54, 1.807) is 0 Å². The minimum absolute atomic E-state index is 0.0614. The third-order valence-electron chi connectivity index (χ3n) is 3.44. The normalized spacial score (nSPS) is 10.8. The smallest absolute Gasteiger partial charge is 0.194 e. The van der Waals surface area contributed by atoms with Crippen LogP contribution in [0.25, 0.3) is 22.3 Å². The van der Waals surface area contributed by atoms with Crippen LogP contribution >= 0.6 is 0 Å². The Kier molecular flexibility index (Phi) is 3.86. The van der Waals surface area contributed by atoms with Gasteiger partial charge in [0.1, 0.15) is 11.6 Å². The van der Waals surface area contributed by atoms with Crippen molar-refractivity contribution < 1.29 is 22.0 Å². The van der Waals surface area contributed by atoms with Gasteiger partial charge in [-0.25, -0.2) is 22.0 Å². The molecule has 116 valence electrons. The highest BCUT2D eigenvalue weighted by molar-refractivity contribution is 5.71. The summed E-state index contributed by atoms with van der Waals surface area (Å²) in [4.78, 5) is 0. The van der Waals surface area contributed by atoms with Crippen LogP contribution in [0.5, 0.6) is 0 Å². The lowest BCUT2D eigenvalue weighted by atomic mass is 9.99. The Morgan fingerprint density at radius 1 is 0.478 bits per heavy atom. The lowest BCUT2D eigenvalue weighted by Gasteiger charge is -2.08. The van der Waals surface area contributed by atoms with Crippen LogP contribution in [-0.4, -0.2) is 0 Å². The molecular weight excluding hydrogens is 311 g/mol. The molecule has 23 heavy (non-hydrogen) atoms. The number of rotatable bonds is 2. The van der Waals surface area contributed by atoms with E-state index < -0.39 is 29.1 Å². The first-order valence-electron chi connectivity index (χ1n) is 6.66. The predicted molar refractivity (Wildman–Crippen MR) is 77.1 cm³/mol. The topological polar surface area (TPSA) is 0 Å². The largest absolute Gasteiger partial charge is 0.207 e. The highest BCUT2D eigenvalue weighted by Gasteiger charge is 2.14. The summed E-state index contributed by atoms with van der Waals surface area (Å²) < 4.78 is 66.7. The summed E-state index contributed by atoms with van der Waals surface area (Å²) in [6.07, 6.45) is 0. The molecule has 3 aromatic rings. The highest BCUT2D eigenvalue weighted by Crippen LogP contribution is 2.29. The minimum Gasteiger partial charge on any atom is -0.207 e. The molecule has 5 heteroatoms. The van der Waals surface area contributed by atoms with E-state index in [1.165, 1.54) is 42.5 Å². The zero-order valence-corrected chi connectivity index (χ0v) is 11.6. The van der Waals surface area contributed by atoms with E-state index in [1.807, 2.05) is 0 Å². The van der Waals surface area contributed by atoms with Crippen molar-refractivity contribution in [1.29, 1.82) is 0 Å². The van der Waals surface area contributed by atoms with E-state index >= 15 is 0 Å². The van der Waals surface area contributed by atoms with E-state index in [9.17, 15) is 22.0 Å². The molecule has 0 saturated heterocycles. The molecular formula is C18H9F5. The van der Waals surface area contributed by atoms with Crippen molar-refractivity contribution in [2.24, 2.45) is 0 Å². The van der Waals surface area contributed by atoms with Gasteiger partial charge in [-0.1, -0.05) is 24.3 Å². The fourth-order valence-corrected chi connectivity index (χ4v) is 2.28. The van der Waals surface area contributed by atoms with Gasteiger partial charge >= 0.3 is 0 Å². The molecule has 0 atom stereocenters. The molecule has 0 unspecified atom stereocenters. The Morgan fingerprint density at radius 2 is 1.00 bits per heavy atom. The average Bonchev–Trinajstić information content (AvgIpc) is 2.53. The van der Waals surface area contributed by atoms with Gasteiger partial charge in [0.05, 0.1) is 0 Å². The molecule has 0 heterocycles. The molecule has 0 aliphatic rings. The van der Waals surface area contributed by atoms with Crippen molar-refractivity contribution in [3.8, 4) is 22.3 Å². The molecule has 3 aromatic carbocycles. The molecule has 0 N–H and O–H groups in total. The maximum absolute atomic E-state index is 14.3. The first-order valence-corrected chi connectivity index (χ1v) is 6.66. The zero-order chi connectivity index (χ0) is 16.6. The fourth-order valence-electron chi connectivity index (χ4n) is 2.28. The van der Waals surface area contributed by atoms with Crippen LogP contribution in [0.3, 0.4) is 0 Å². The van der Waals surface area contributed by atoms with Crippen molar-refractivity contribution in [3.05, 3.63) is 83.7 Å². The molecule has 0 spiro atoms. The molecule has 0 amide bonds. The summed E-state index contributed by atoms with van der Waals surface area (Å²) in [7, 11) is 0. The fraction of sp³-hybridized carbons (Fsp3) is 0. The number of benzene rings is 3. The van der Waals surface area contributed by atoms with E-state index in [0.717, 1.165) is 12.1 Å². The second-order valence-electron chi connectivity index (χ2n) is 4.96. The third kappa shape index (κ3) is 2.95. The van der Waals surface area contributed by atoms with E-state index in [0.29, 0.717) is 11.1 Å². The number of hydrogen-bond donors (Lipinski definition) is 0. The number of hydrogen-bond acceptors (Lipinski definition) is 0. The molecule has 3 rings (SSSR count). The van der Waals surface area contributed by atoms with Crippen LogP contribution in [0.1, 0.15) is 0 Å². The van der Waals surface area contributed by atoms with Gasteiger partial charge in [0.2, 0.25) is 0 Å². The lowest BCUT2D eigenvalue weighted by Crippen LogP contribution is -1.94. The molecule has 0 saturated carbocycles. The molecule has 0 bridgehead atoms. The maximum Gasteiger partial charge on any atom is 0.194 e. The first kappa shape index (κ1) is 15.2. The number of halogens is 5. The van der Waals surface area contributed by atoms with Crippen molar-refractivity contribution in [2.45, 2.75) is 0 Å². The zero-order valence-electron chi connectivity index (χ0n) is 11.6. The van der Waals surface area contributed by atoms with Gasteiger partial charge in [0.15, 0.2) is 17.5 Å². The van der Waals surface area contributed by atoms with Crippen molar-refractivity contribution >= 4 is 0 Å². The summed E-state index contributed by atoms with van der Waals surface area (Å²) in [6.45, 7) is 0. The Labute approximate surface area is 128 Å². The third-order valence-corrected chi connectivity index (χ3v) is 3.44. The Hall–Kier alpha value is -2.69. The van der Waals surface area contributed by atoms with E-state index in [2.05, 4.69) is 0 Å². The standard InChI is InChI=1S/C18H9F5/c19-13-4-1-10(2-5-13)11-3-6-14(15(20)7-11)12-8-16(21)18(23)17(22)9-12/h1-9H. The van der Waals surface area contributed by atoms with Crippen LogP contribution in [0.4, 0.5) is 22.0 Å². The molecule has 0 aliphatic carbocycles. The van der Waals surface area contributed by atoms with Gasteiger partial charge in [-0.3, -0.25) is 0 Å². The highest BCUT2D eigenvalue weighted by atomic mass is 19.2. The summed E-state index contributed by atoms with van der Waals surface area (Å²) in [5.41, 5.74) is 0.904. The SMILES string of the molecule is Fc1ccc(-c2ccc(-c3cc(F)c(F)c(F)c3)c(F)c2)cc1. The Balaban J connectivity index is 2.04. The average molecular weight is 320 g/mol. The first-order chi connectivity index (χ1) is 11.0. The summed E-state index contributed by atoms with van der Waals surface area (Å²) in [5.74, 6) is -5.51. The Morgan fingerprint density at radius 3 is 1.57 bits per heavy atom. The second kappa shape index (κ2) is 5.83. The van der Waals surface area contributed by atoms with Gasteiger partial charge in [0, 0.05) is 5.56 Å². The van der Waals surface area contributed by atoms with Crippen LogP contribution in [0, 0.1) is 29.1 Å². The summed E-state index contributed by atoms with van der Waals surface area (Å²) >= 11 is 0. The van der Waals surface area contributed by atoms with Crippen LogP contribution < -0.4 is 0 Å². The quantitative estimate of drug-likeness (QED) is 0.419. The Bertz CT molecular complexity index is 846. The molecule has 0 aliphatic heterocycles. The maximum atomic E-state index is 14.3. The van der Waals surface area contributed by atoms with Gasteiger partial charge in [-0.2, -0.15) is 0 Å². The molecule has 0 fully saturated rings. The molecule has 0 aromatic heterocycles. The molecule has 0 nitrogen and oxygen atoms in total. The second-order valence-corrected chi connectivity index (χ2v) is 4.96. The van der Waals surface area contributed by atoms with Gasteiger partial charge in [0.25, 0.3) is 0 Å². The monoisotopic (exact) mass is 320 g/mol. The van der Waals surface area contributed by atoms with Crippen LogP contribution in [0.15, 0.2) is 54.6 Å². The lowest BCUT2D eigenvalue weighted by molar-refractivity contribution is 0.447. The summed E-state index contributed by atoms with van der Waals surface area (Å²) in [5, 5.41) is 0. The summed E-state index contributed by atoms with van der Waals surface area (Å²) in [6, 6.07) is 11.0. The van der Waals surface area contributed by atoms with Gasteiger partial charge < -0.3 is 0 Å². The van der Waals surface area contributed by atoms with Crippen LogP contribution in [-0.2, 0) is 0 Å². The van der Waals surface area contributed by atoms with Gasteiger partial charge in [-0.15, -0.1) is 0 Å². The minimum atomic E-state index is -1.60. The molecule has 0 radical (unpaired) electrons. The van der Waals surface area contributed by atoms with E-state index in [4.69, 9.17) is 0 Å². The predicted octanol–water partition coefficient (Wildman–Crippen LogP) is 5.72. The van der Waals surface area contributed by atoms with Crippen molar-refractivity contribution in [3.63, 3.8) is 0 Å². The van der Waals surface area contributed by atoms with E-state index in [-0.39, 0.29) is 11.1 Å². The van der Waals surface area contributed by atoms with Crippen molar-refractivity contribution in [2.75, 3.05) is 0 Å². The van der Waals surface area contributed by atoms with Crippen molar-refractivity contribution in [1.82, 2.24) is 0 Å².